The smallest absolute Gasteiger partial charge is 0.408 e. The summed E-state index contributed by atoms with van der Waals surface area (Å²) in [5.41, 5.74) is 5.98. The third-order valence-electron chi connectivity index (χ3n) is 7.00. The fourth-order valence-electron chi connectivity index (χ4n) is 4.84. The summed E-state index contributed by atoms with van der Waals surface area (Å²) in [7, 11) is 1.99. The van der Waals surface area contributed by atoms with E-state index >= 15 is 0 Å². The summed E-state index contributed by atoms with van der Waals surface area (Å²) in [5.74, 6) is -1.15. The van der Waals surface area contributed by atoms with Gasteiger partial charge in [-0.05, 0) is 64.3 Å². The lowest BCUT2D eigenvalue weighted by atomic mass is 9.84. The number of amides is 3. The van der Waals surface area contributed by atoms with Crippen molar-refractivity contribution < 1.29 is 23.5 Å². The number of carbonyl (C=O) groups is 3. The molecule has 2 fully saturated rings. The zero-order valence-corrected chi connectivity index (χ0v) is 22.5. The van der Waals surface area contributed by atoms with Gasteiger partial charge in [0.25, 0.3) is 0 Å². The number of rotatable bonds is 7. The van der Waals surface area contributed by atoms with Crippen LogP contribution in [0.4, 0.5) is 14.9 Å². The van der Waals surface area contributed by atoms with Gasteiger partial charge in [-0.15, -0.1) is 0 Å². The second kappa shape index (κ2) is 12.7. The molecule has 1 aliphatic heterocycles. The highest BCUT2D eigenvalue weighted by Gasteiger charge is 2.30. The van der Waals surface area contributed by atoms with Gasteiger partial charge in [-0.1, -0.05) is 25.3 Å². The van der Waals surface area contributed by atoms with Crippen molar-refractivity contribution in [3.8, 4) is 0 Å². The molecule has 9 nitrogen and oxygen atoms in total. The van der Waals surface area contributed by atoms with E-state index in [1.54, 1.807) is 31.7 Å². The predicted octanol–water partition coefficient (Wildman–Crippen LogP) is 2.88. The third-order valence-corrected chi connectivity index (χ3v) is 7.00. The number of carbonyl (C=O) groups excluding carboxylic acids is 3. The first-order valence-corrected chi connectivity index (χ1v) is 13.2. The van der Waals surface area contributed by atoms with E-state index in [1.807, 2.05) is 7.05 Å². The van der Waals surface area contributed by atoms with E-state index in [0.29, 0.717) is 18.7 Å². The first-order valence-electron chi connectivity index (χ1n) is 13.2. The van der Waals surface area contributed by atoms with Crippen molar-refractivity contribution in [2.75, 3.05) is 38.5 Å². The number of nitrogens with zero attached hydrogens (tertiary/aromatic N) is 2. The Hall–Kier alpha value is -2.72. The maximum absolute atomic E-state index is 15.0. The number of piperazine rings is 1. The van der Waals surface area contributed by atoms with E-state index in [1.165, 1.54) is 12.1 Å². The minimum atomic E-state index is -0.919. The van der Waals surface area contributed by atoms with Crippen molar-refractivity contribution in [3.05, 3.63) is 29.6 Å². The number of hydrogen-bond donors (Lipinski definition) is 3. The fraction of sp³-hybridized carbons (Fsp3) is 0.667. The van der Waals surface area contributed by atoms with E-state index in [9.17, 15) is 18.8 Å². The van der Waals surface area contributed by atoms with Crippen LogP contribution in [0.5, 0.6) is 0 Å². The highest BCUT2D eigenvalue weighted by molar-refractivity contribution is 5.95. The van der Waals surface area contributed by atoms with E-state index in [2.05, 4.69) is 15.5 Å². The van der Waals surface area contributed by atoms with Crippen molar-refractivity contribution in [1.82, 2.24) is 15.1 Å². The van der Waals surface area contributed by atoms with Crippen molar-refractivity contribution in [2.45, 2.75) is 77.0 Å². The SMILES string of the molecule is CN1CCN(C(=O)C(Cc2ccc(NC(=O)C(N)C3CCCCC3)c(F)c2)NC(=O)OC(C)(C)C)CC1. The largest absolute Gasteiger partial charge is 0.444 e. The molecule has 1 saturated carbocycles. The first-order chi connectivity index (χ1) is 17.4. The summed E-state index contributed by atoms with van der Waals surface area (Å²) in [6.45, 7) is 7.78. The van der Waals surface area contributed by atoms with Crippen molar-refractivity contribution in [2.24, 2.45) is 11.7 Å². The molecule has 0 spiro atoms. The molecule has 206 valence electrons. The highest BCUT2D eigenvalue weighted by atomic mass is 19.1. The standard InChI is InChI=1S/C27H42FN5O4/c1-27(2,3)37-26(36)31-22(25(35)33-14-12-32(4)13-15-33)17-18-10-11-21(20(28)16-18)30-24(34)23(29)19-8-6-5-7-9-19/h10-11,16,19,22-23H,5-9,12-15,17,29H2,1-4H3,(H,30,34)(H,31,36). The summed E-state index contributed by atoms with van der Waals surface area (Å²) in [5, 5.41) is 5.29. The molecule has 4 N–H and O–H groups in total. The molecule has 2 atom stereocenters. The number of nitrogens with two attached hydrogens (primary N) is 1. The van der Waals surface area contributed by atoms with Crippen LogP contribution in [0.25, 0.3) is 0 Å². The number of likely N-dealkylation sites (N-methyl/N-ethyl adjacent to an activating group) is 1. The Balaban J connectivity index is 1.69. The third kappa shape index (κ3) is 8.67. The van der Waals surface area contributed by atoms with Crippen LogP contribution in [0.2, 0.25) is 0 Å². The normalized spacial score (nSPS) is 19.1. The number of ether oxygens (including phenoxy) is 1. The van der Waals surface area contributed by atoms with Gasteiger partial charge in [-0.3, -0.25) is 9.59 Å². The van der Waals surface area contributed by atoms with E-state index < -0.39 is 35.5 Å². The average Bonchev–Trinajstić information content (AvgIpc) is 2.84. The molecule has 3 rings (SSSR count). The second-order valence-electron chi connectivity index (χ2n) is 11.3. The summed E-state index contributed by atoms with van der Waals surface area (Å²) in [4.78, 5) is 42.3. The molecule has 1 saturated heterocycles. The molecule has 0 bridgehead atoms. The lowest BCUT2D eigenvalue weighted by molar-refractivity contribution is -0.135. The molecule has 3 amide bonds. The average molecular weight is 520 g/mol. The number of hydrogen-bond acceptors (Lipinski definition) is 6. The van der Waals surface area contributed by atoms with Crippen LogP contribution in [0, 0.1) is 11.7 Å². The minimum Gasteiger partial charge on any atom is -0.444 e. The summed E-state index contributed by atoms with van der Waals surface area (Å²) in [6.07, 6.45) is 4.45. The first kappa shape index (κ1) is 28.8. The van der Waals surface area contributed by atoms with Crippen molar-refractivity contribution >= 4 is 23.6 Å². The lowest BCUT2D eigenvalue weighted by Gasteiger charge is -2.35. The monoisotopic (exact) mass is 519 g/mol. The molecule has 2 unspecified atom stereocenters. The molecule has 1 heterocycles. The van der Waals surface area contributed by atoms with Crippen LogP contribution in [0.1, 0.15) is 58.4 Å². The van der Waals surface area contributed by atoms with Crippen molar-refractivity contribution in [1.29, 1.82) is 0 Å². The number of nitrogens with one attached hydrogen (secondary N) is 2. The summed E-state index contributed by atoms with van der Waals surface area (Å²) in [6, 6.07) is 2.80. The Kier molecular flexibility index (Phi) is 9.89. The zero-order chi connectivity index (χ0) is 27.2. The molecule has 1 aliphatic carbocycles. The second-order valence-corrected chi connectivity index (χ2v) is 11.3. The number of halogens is 1. The van der Waals surface area contributed by atoms with Gasteiger partial charge in [-0.25, -0.2) is 9.18 Å². The van der Waals surface area contributed by atoms with Crippen LogP contribution in [-0.2, 0) is 20.7 Å². The summed E-state index contributed by atoms with van der Waals surface area (Å²) < 4.78 is 20.3. The molecule has 0 radical (unpaired) electrons. The van der Waals surface area contributed by atoms with Crippen LogP contribution < -0.4 is 16.4 Å². The Morgan fingerprint density at radius 1 is 1.11 bits per heavy atom. The predicted molar refractivity (Wildman–Crippen MR) is 141 cm³/mol. The maximum Gasteiger partial charge on any atom is 0.408 e. The van der Waals surface area contributed by atoms with Crippen LogP contribution in [0.15, 0.2) is 18.2 Å². The topological polar surface area (TPSA) is 117 Å². The van der Waals surface area contributed by atoms with Crippen LogP contribution >= 0.6 is 0 Å². The van der Waals surface area contributed by atoms with E-state index in [0.717, 1.165) is 45.2 Å². The van der Waals surface area contributed by atoms with Gasteiger partial charge in [0.2, 0.25) is 11.8 Å². The number of alkyl carbamates (subject to hydrolysis) is 1. The van der Waals surface area contributed by atoms with E-state index in [4.69, 9.17) is 10.5 Å². The molecule has 0 aromatic heterocycles. The Morgan fingerprint density at radius 3 is 2.35 bits per heavy atom. The maximum atomic E-state index is 15.0. The van der Waals surface area contributed by atoms with Gasteiger partial charge in [0, 0.05) is 32.6 Å². The van der Waals surface area contributed by atoms with Crippen LogP contribution in [0.3, 0.4) is 0 Å². The lowest BCUT2D eigenvalue weighted by Crippen LogP contribution is -2.55. The van der Waals surface area contributed by atoms with E-state index in [-0.39, 0.29) is 23.9 Å². The Bertz CT molecular complexity index is 953. The van der Waals surface area contributed by atoms with Crippen LogP contribution in [-0.4, -0.2) is 78.6 Å². The Labute approximate surface area is 219 Å². The van der Waals surface area contributed by atoms with Gasteiger partial charge < -0.3 is 30.9 Å². The number of benzene rings is 1. The number of anilines is 1. The van der Waals surface area contributed by atoms with Gasteiger partial charge in [-0.2, -0.15) is 0 Å². The highest BCUT2D eigenvalue weighted by Crippen LogP contribution is 2.26. The molecule has 10 heteroatoms. The zero-order valence-electron chi connectivity index (χ0n) is 22.5. The Morgan fingerprint density at radius 2 is 1.76 bits per heavy atom. The molecular formula is C27H42FN5O4. The quantitative estimate of drug-likeness (QED) is 0.510. The molecule has 1 aromatic carbocycles. The van der Waals surface area contributed by atoms with Crippen molar-refractivity contribution in [3.63, 3.8) is 0 Å². The molecule has 1 aromatic rings. The summed E-state index contributed by atoms with van der Waals surface area (Å²) >= 11 is 0. The molecular weight excluding hydrogens is 477 g/mol. The van der Waals surface area contributed by atoms with Gasteiger partial charge >= 0.3 is 6.09 Å². The van der Waals surface area contributed by atoms with Gasteiger partial charge in [0.15, 0.2) is 0 Å². The fourth-order valence-corrected chi connectivity index (χ4v) is 4.84. The molecule has 37 heavy (non-hydrogen) atoms. The molecule has 2 aliphatic rings. The van der Waals surface area contributed by atoms with Gasteiger partial charge in [0.05, 0.1) is 11.7 Å². The minimum absolute atomic E-state index is 0.0436. The van der Waals surface area contributed by atoms with Gasteiger partial charge in [0.1, 0.15) is 17.5 Å².